The minimum Gasteiger partial charge on any atom is -0.375 e. The first-order valence-electron chi connectivity index (χ1n) is 4.75. The molecular formula is C10H17ClO. The van der Waals surface area contributed by atoms with E-state index in [1.807, 2.05) is 0 Å². The SMILES string of the molecule is CC(C)(CCl)CC12CC(CO1)C2. The first-order valence-corrected chi connectivity index (χ1v) is 5.29. The summed E-state index contributed by atoms with van der Waals surface area (Å²) >= 11 is 5.90. The van der Waals surface area contributed by atoms with Crippen molar-refractivity contribution in [2.75, 3.05) is 12.5 Å². The fraction of sp³-hybridized carbons (Fsp3) is 1.00. The second-order valence-electron chi connectivity index (χ2n) is 5.24. The summed E-state index contributed by atoms with van der Waals surface area (Å²) in [5, 5.41) is 0. The Morgan fingerprint density at radius 3 is 2.58 bits per heavy atom. The average Bonchev–Trinajstić information content (AvgIpc) is 2.44. The van der Waals surface area contributed by atoms with E-state index >= 15 is 0 Å². The van der Waals surface area contributed by atoms with Crippen LogP contribution in [0.3, 0.4) is 0 Å². The van der Waals surface area contributed by atoms with Crippen LogP contribution >= 0.6 is 11.6 Å². The monoisotopic (exact) mass is 188 g/mol. The number of alkyl halides is 1. The molecule has 3 fully saturated rings. The Morgan fingerprint density at radius 2 is 2.17 bits per heavy atom. The highest BCUT2D eigenvalue weighted by Crippen LogP contribution is 2.53. The summed E-state index contributed by atoms with van der Waals surface area (Å²) in [5.74, 6) is 1.61. The van der Waals surface area contributed by atoms with E-state index in [9.17, 15) is 0 Å². The summed E-state index contributed by atoms with van der Waals surface area (Å²) in [7, 11) is 0. The molecule has 2 heteroatoms. The highest BCUT2D eigenvalue weighted by atomic mass is 35.5. The van der Waals surface area contributed by atoms with Crippen molar-refractivity contribution in [1.82, 2.24) is 0 Å². The normalized spacial score (nSPS) is 39.8. The molecule has 1 saturated carbocycles. The Balaban J connectivity index is 1.94. The van der Waals surface area contributed by atoms with Gasteiger partial charge in [-0.25, -0.2) is 0 Å². The predicted molar refractivity (Wildman–Crippen MR) is 50.5 cm³/mol. The molecule has 0 aromatic heterocycles. The van der Waals surface area contributed by atoms with E-state index in [-0.39, 0.29) is 11.0 Å². The predicted octanol–water partition coefficient (Wildman–Crippen LogP) is 2.82. The largest absolute Gasteiger partial charge is 0.375 e. The summed E-state index contributed by atoms with van der Waals surface area (Å²) in [6.07, 6.45) is 3.71. The van der Waals surface area contributed by atoms with Crippen molar-refractivity contribution in [3.05, 3.63) is 0 Å². The van der Waals surface area contributed by atoms with Gasteiger partial charge in [-0.15, -0.1) is 11.6 Å². The summed E-state index contributed by atoms with van der Waals surface area (Å²) in [5.41, 5.74) is 0.486. The van der Waals surface area contributed by atoms with E-state index in [0.717, 1.165) is 24.8 Å². The third-order valence-corrected chi connectivity index (χ3v) is 3.83. The molecule has 12 heavy (non-hydrogen) atoms. The van der Waals surface area contributed by atoms with Crippen molar-refractivity contribution in [3.63, 3.8) is 0 Å². The summed E-state index contributed by atoms with van der Waals surface area (Å²) in [6.45, 7) is 5.45. The van der Waals surface area contributed by atoms with Gasteiger partial charge in [-0.2, -0.15) is 0 Å². The number of rotatable bonds is 3. The molecule has 2 bridgehead atoms. The van der Waals surface area contributed by atoms with Gasteiger partial charge in [-0.1, -0.05) is 13.8 Å². The van der Waals surface area contributed by atoms with Crippen LogP contribution in [-0.2, 0) is 4.74 Å². The summed E-state index contributed by atoms with van der Waals surface area (Å²) in [6, 6.07) is 0. The molecule has 3 rings (SSSR count). The molecule has 2 heterocycles. The van der Waals surface area contributed by atoms with Gasteiger partial charge in [-0.3, -0.25) is 0 Å². The molecule has 0 amide bonds. The van der Waals surface area contributed by atoms with Gasteiger partial charge in [0.15, 0.2) is 0 Å². The Morgan fingerprint density at radius 1 is 1.50 bits per heavy atom. The summed E-state index contributed by atoms with van der Waals surface area (Å²) in [4.78, 5) is 0. The average molecular weight is 189 g/mol. The van der Waals surface area contributed by atoms with Gasteiger partial charge in [-0.05, 0) is 30.6 Å². The van der Waals surface area contributed by atoms with Gasteiger partial charge in [0.1, 0.15) is 0 Å². The van der Waals surface area contributed by atoms with Crippen LogP contribution in [-0.4, -0.2) is 18.1 Å². The second kappa shape index (κ2) is 2.62. The highest BCUT2D eigenvalue weighted by molar-refractivity contribution is 6.18. The first kappa shape index (κ1) is 8.83. The molecule has 0 radical (unpaired) electrons. The van der Waals surface area contributed by atoms with Crippen LogP contribution in [0.15, 0.2) is 0 Å². The zero-order chi connectivity index (χ0) is 8.82. The number of fused-ring (bicyclic) bond motifs is 1. The van der Waals surface area contributed by atoms with E-state index in [4.69, 9.17) is 16.3 Å². The highest BCUT2D eigenvalue weighted by Gasteiger charge is 2.53. The molecular weight excluding hydrogens is 172 g/mol. The van der Waals surface area contributed by atoms with Crippen LogP contribution in [0.2, 0.25) is 0 Å². The van der Waals surface area contributed by atoms with Crippen molar-refractivity contribution in [2.45, 2.75) is 38.7 Å². The zero-order valence-electron chi connectivity index (χ0n) is 7.90. The van der Waals surface area contributed by atoms with Crippen LogP contribution in [0.4, 0.5) is 0 Å². The van der Waals surface area contributed by atoms with Gasteiger partial charge >= 0.3 is 0 Å². The Labute approximate surface area is 79.4 Å². The molecule has 0 aromatic carbocycles. The molecule has 1 nitrogen and oxygen atoms in total. The van der Waals surface area contributed by atoms with Crippen molar-refractivity contribution < 1.29 is 4.74 Å². The Bertz CT molecular complexity index is 177. The topological polar surface area (TPSA) is 9.23 Å². The second-order valence-corrected chi connectivity index (χ2v) is 5.51. The minimum atomic E-state index is 0.239. The molecule has 0 unspecified atom stereocenters. The minimum absolute atomic E-state index is 0.239. The molecule has 3 aliphatic rings. The lowest BCUT2D eigenvalue weighted by atomic mass is 9.67. The zero-order valence-corrected chi connectivity index (χ0v) is 8.66. The summed E-state index contributed by atoms with van der Waals surface area (Å²) < 4.78 is 5.79. The lowest BCUT2D eigenvalue weighted by Crippen LogP contribution is -2.41. The van der Waals surface area contributed by atoms with E-state index in [0.29, 0.717) is 0 Å². The van der Waals surface area contributed by atoms with Crippen molar-refractivity contribution in [1.29, 1.82) is 0 Å². The van der Waals surface area contributed by atoms with Crippen LogP contribution in [0.25, 0.3) is 0 Å². The fourth-order valence-electron chi connectivity index (χ4n) is 2.64. The third-order valence-electron chi connectivity index (χ3n) is 3.11. The number of ether oxygens (including phenoxy) is 1. The first-order chi connectivity index (χ1) is 5.55. The maximum absolute atomic E-state index is 5.90. The Kier molecular flexibility index (Phi) is 1.93. The quantitative estimate of drug-likeness (QED) is 0.619. The molecule has 0 aromatic rings. The van der Waals surface area contributed by atoms with Gasteiger partial charge in [0, 0.05) is 5.88 Å². The van der Waals surface area contributed by atoms with Crippen molar-refractivity contribution >= 4 is 11.6 Å². The van der Waals surface area contributed by atoms with E-state index in [2.05, 4.69) is 13.8 Å². The number of halogens is 1. The van der Waals surface area contributed by atoms with Crippen molar-refractivity contribution in [2.24, 2.45) is 11.3 Å². The smallest absolute Gasteiger partial charge is 0.0695 e. The van der Waals surface area contributed by atoms with Crippen molar-refractivity contribution in [3.8, 4) is 0 Å². The van der Waals surface area contributed by atoms with Gasteiger partial charge in [0.2, 0.25) is 0 Å². The maximum Gasteiger partial charge on any atom is 0.0695 e. The Hall–Kier alpha value is 0.250. The fourth-order valence-corrected chi connectivity index (χ4v) is 2.73. The molecule has 0 atom stereocenters. The maximum atomic E-state index is 5.90. The lowest BCUT2D eigenvalue weighted by molar-refractivity contribution is -0.0304. The number of hydrogen-bond acceptors (Lipinski definition) is 1. The third kappa shape index (κ3) is 1.38. The van der Waals surface area contributed by atoms with Gasteiger partial charge in [0.25, 0.3) is 0 Å². The van der Waals surface area contributed by atoms with Crippen LogP contribution in [0, 0.1) is 11.3 Å². The van der Waals surface area contributed by atoms with Crippen LogP contribution < -0.4 is 0 Å². The van der Waals surface area contributed by atoms with E-state index in [1.165, 1.54) is 12.8 Å². The van der Waals surface area contributed by atoms with Gasteiger partial charge < -0.3 is 4.74 Å². The van der Waals surface area contributed by atoms with Crippen LogP contribution in [0.5, 0.6) is 0 Å². The van der Waals surface area contributed by atoms with Gasteiger partial charge in [0.05, 0.1) is 12.2 Å². The van der Waals surface area contributed by atoms with E-state index < -0.39 is 0 Å². The molecule has 0 N–H and O–H groups in total. The molecule has 1 aliphatic carbocycles. The van der Waals surface area contributed by atoms with E-state index in [1.54, 1.807) is 0 Å². The number of hydrogen-bond donors (Lipinski definition) is 0. The molecule has 2 aliphatic heterocycles. The molecule has 70 valence electrons. The molecule has 0 spiro atoms. The van der Waals surface area contributed by atoms with Crippen LogP contribution in [0.1, 0.15) is 33.1 Å². The standard InChI is InChI=1S/C10H17ClO/c1-9(2,7-11)6-10-3-8(4-10)5-12-10/h8H,3-7H2,1-2H3. The molecule has 2 saturated heterocycles. The lowest BCUT2D eigenvalue weighted by Gasteiger charge is -2.41.